The van der Waals surface area contributed by atoms with Crippen molar-refractivity contribution in [1.29, 1.82) is 0 Å². The molecule has 0 N–H and O–H groups in total. The maximum absolute atomic E-state index is 13.6. The van der Waals surface area contributed by atoms with Crippen LogP contribution in [0.4, 0.5) is 5.69 Å². The molecule has 0 bridgehead atoms. The fourth-order valence-corrected chi connectivity index (χ4v) is 4.83. The Labute approximate surface area is 226 Å². The summed E-state index contributed by atoms with van der Waals surface area (Å²) in [7, 11) is 3.15. The third-order valence-electron chi connectivity index (χ3n) is 6.04. The third-order valence-corrected chi connectivity index (χ3v) is 7.05. The minimum atomic E-state index is -0.557. The standard InChI is InChI=1S/C28H31N3O6S/c1-5-13-30(28(33)22-7-6-8-23(17-22)31(34)35)19-27(32)29(18-26-20(2)12-15-38-26)14-11-21-9-10-24(36-3)25(16-21)37-4/h5-10,12,15-17H,1,11,13-14,18-19H2,2-4H3. The Bertz CT molecular complexity index is 1310. The zero-order chi connectivity index (χ0) is 27.7. The van der Waals surface area contributed by atoms with Gasteiger partial charge in [-0.3, -0.25) is 19.7 Å². The van der Waals surface area contributed by atoms with Crippen molar-refractivity contribution >= 4 is 28.8 Å². The fraction of sp³-hybridized carbons (Fsp3) is 0.286. The van der Waals surface area contributed by atoms with Gasteiger partial charge in [0, 0.05) is 35.7 Å². The summed E-state index contributed by atoms with van der Waals surface area (Å²) in [5.41, 5.74) is 2.01. The normalized spacial score (nSPS) is 10.5. The van der Waals surface area contributed by atoms with E-state index in [9.17, 15) is 19.7 Å². The van der Waals surface area contributed by atoms with Gasteiger partial charge in [0.15, 0.2) is 11.5 Å². The lowest BCUT2D eigenvalue weighted by Gasteiger charge is -2.27. The number of carbonyl (C=O) groups excluding carboxylic acids is 2. The number of rotatable bonds is 13. The molecular formula is C28H31N3O6S. The topological polar surface area (TPSA) is 102 Å². The highest BCUT2D eigenvalue weighted by Crippen LogP contribution is 2.28. The van der Waals surface area contributed by atoms with E-state index in [-0.39, 0.29) is 30.2 Å². The second-order valence-electron chi connectivity index (χ2n) is 8.56. The van der Waals surface area contributed by atoms with Crippen LogP contribution in [0.15, 0.2) is 66.6 Å². The SMILES string of the molecule is C=CCN(CC(=O)N(CCc1ccc(OC)c(OC)c1)Cc1sccc1C)C(=O)c1cccc([N+](=O)[O-])c1. The summed E-state index contributed by atoms with van der Waals surface area (Å²) in [6, 6.07) is 13.1. The number of amides is 2. The molecule has 1 aromatic heterocycles. The van der Waals surface area contributed by atoms with Gasteiger partial charge in [-0.15, -0.1) is 17.9 Å². The first kappa shape index (κ1) is 28.4. The molecule has 2 aromatic carbocycles. The van der Waals surface area contributed by atoms with E-state index in [4.69, 9.17) is 9.47 Å². The van der Waals surface area contributed by atoms with E-state index >= 15 is 0 Å². The van der Waals surface area contributed by atoms with Crippen LogP contribution in [0.5, 0.6) is 11.5 Å². The number of aryl methyl sites for hydroxylation is 1. The molecular weight excluding hydrogens is 506 g/mol. The van der Waals surface area contributed by atoms with Crippen molar-refractivity contribution in [2.24, 2.45) is 0 Å². The lowest BCUT2D eigenvalue weighted by Crippen LogP contribution is -2.43. The molecule has 0 aliphatic carbocycles. The molecule has 9 nitrogen and oxygen atoms in total. The van der Waals surface area contributed by atoms with Crippen LogP contribution in [0.3, 0.4) is 0 Å². The summed E-state index contributed by atoms with van der Waals surface area (Å²) < 4.78 is 10.7. The summed E-state index contributed by atoms with van der Waals surface area (Å²) in [4.78, 5) is 41.5. The predicted octanol–water partition coefficient (Wildman–Crippen LogP) is 4.88. The average Bonchev–Trinajstić information content (AvgIpc) is 3.33. The molecule has 0 spiro atoms. The first-order valence-corrected chi connectivity index (χ1v) is 12.8. The molecule has 3 rings (SSSR count). The Morgan fingerprint density at radius 2 is 1.84 bits per heavy atom. The van der Waals surface area contributed by atoms with Crippen LogP contribution in [-0.4, -0.2) is 60.4 Å². The molecule has 0 saturated heterocycles. The zero-order valence-corrected chi connectivity index (χ0v) is 22.5. The molecule has 0 unspecified atom stereocenters. The maximum atomic E-state index is 13.6. The number of benzene rings is 2. The first-order valence-electron chi connectivity index (χ1n) is 11.9. The van der Waals surface area contributed by atoms with Gasteiger partial charge in [-0.1, -0.05) is 18.2 Å². The van der Waals surface area contributed by atoms with Gasteiger partial charge < -0.3 is 19.3 Å². The van der Waals surface area contributed by atoms with Crippen molar-refractivity contribution in [3.05, 3.63) is 98.2 Å². The zero-order valence-electron chi connectivity index (χ0n) is 21.7. The van der Waals surface area contributed by atoms with Crippen molar-refractivity contribution in [2.45, 2.75) is 19.9 Å². The molecule has 3 aromatic rings. The van der Waals surface area contributed by atoms with E-state index in [0.29, 0.717) is 31.0 Å². The smallest absolute Gasteiger partial charge is 0.270 e. The highest BCUT2D eigenvalue weighted by Gasteiger charge is 2.24. The summed E-state index contributed by atoms with van der Waals surface area (Å²) in [6.45, 7) is 6.45. The van der Waals surface area contributed by atoms with Gasteiger partial charge in [0.05, 0.1) is 25.7 Å². The molecule has 0 saturated carbocycles. The van der Waals surface area contributed by atoms with Crippen LogP contribution in [0.2, 0.25) is 0 Å². The van der Waals surface area contributed by atoms with E-state index in [2.05, 4.69) is 6.58 Å². The second kappa shape index (κ2) is 13.4. The predicted molar refractivity (Wildman–Crippen MR) is 147 cm³/mol. The molecule has 0 atom stereocenters. The highest BCUT2D eigenvalue weighted by atomic mass is 32.1. The molecule has 1 heterocycles. The maximum Gasteiger partial charge on any atom is 0.270 e. The summed E-state index contributed by atoms with van der Waals surface area (Å²) in [6.07, 6.45) is 2.09. The van der Waals surface area contributed by atoms with Gasteiger partial charge in [-0.05, 0) is 54.1 Å². The highest BCUT2D eigenvalue weighted by molar-refractivity contribution is 7.10. The van der Waals surface area contributed by atoms with Gasteiger partial charge in [0.25, 0.3) is 11.6 Å². The van der Waals surface area contributed by atoms with Crippen molar-refractivity contribution in [3.63, 3.8) is 0 Å². The number of thiophene rings is 1. The van der Waals surface area contributed by atoms with Gasteiger partial charge in [-0.2, -0.15) is 0 Å². The van der Waals surface area contributed by atoms with E-state index in [1.54, 1.807) is 30.5 Å². The molecule has 38 heavy (non-hydrogen) atoms. The summed E-state index contributed by atoms with van der Waals surface area (Å²) in [5.74, 6) is 0.516. The summed E-state index contributed by atoms with van der Waals surface area (Å²) >= 11 is 1.57. The molecule has 0 radical (unpaired) electrons. The van der Waals surface area contributed by atoms with Crippen molar-refractivity contribution in [1.82, 2.24) is 9.80 Å². The van der Waals surface area contributed by atoms with Crippen LogP contribution in [-0.2, 0) is 17.8 Å². The first-order chi connectivity index (χ1) is 18.3. The van der Waals surface area contributed by atoms with Crippen molar-refractivity contribution in [3.8, 4) is 11.5 Å². The Hall–Kier alpha value is -4.18. The molecule has 10 heteroatoms. The Morgan fingerprint density at radius 3 is 2.47 bits per heavy atom. The second-order valence-corrected chi connectivity index (χ2v) is 9.56. The number of carbonyl (C=O) groups is 2. The van der Waals surface area contributed by atoms with E-state index in [1.807, 2.05) is 36.6 Å². The monoisotopic (exact) mass is 537 g/mol. The molecule has 0 aliphatic heterocycles. The van der Waals surface area contributed by atoms with Gasteiger partial charge in [0.1, 0.15) is 6.54 Å². The Balaban J connectivity index is 1.81. The van der Waals surface area contributed by atoms with Gasteiger partial charge in [0.2, 0.25) is 5.91 Å². The van der Waals surface area contributed by atoms with Crippen molar-refractivity contribution in [2.75, 3.05) is 33.9 Å². The van der Waals surface area contributed by atoms with Crippen LogP contribution < -0.4 is 9.47 Å². The van der Waals surface area contributed by atoms with Crippen LogP contribution >= 0.6 is 11.3 Å². The fourth-order valence-electron chi connectivity index (χ4n) is 3.91. The van der Waals surface area contributed by atoms with Crippen LogP contribution in [0.1, 0.15) is 26.4 Å². The van der Waals surface area contributed by atoms with E-state index < -0.39 is 10.8 Å². The van der Waals surface area contributed by atoms with E-state index in [1.165, 1.54) is 35.2 Å². The van der Waals surface area contributed by atoms with Crippen LogP contribution in [0.25, 0.3) is 0 Å². The van der Waals surface area contributed by atoms with Crippen molar-refractivity contribution < 1.29 is 24.0 Å². The average molecular weight is 538 g/mol. The quantitative estimate of drug-likeness (QED) is 0.175. The van der Waals surface area contributed by atoms with E-state index in [0.717, 1.165) is 16.0 Å². The number of nitro groups is 1. The van der Waals surface area contributed by atoms with Crippen LogP contribution in [0, 0.1) is 17.0 Å². The number of hydrogen-bond acceptors (Lipinski definition) is 7. The van der Waals surface area contributed by atoms with Gasteiger partial charge >= 0.3 is 0 Å². The Kier molecular flexibility index (Phi) is 10.0. The number of hydrogen-bond donors (Lipinski definition) is 0. The molecule has 0 fully saturated rings. The minimum Gasteiger partial charge on any atom is -0.493 e. The lowest BCUT2D eigenvalue weighted by molar-refractivity contribution is -0.384. The molecule has 2 amide bonds. The number of nitro benzene ring substituents is 1. The molecule has 200 valence electrons. The van der Waals surface area contributed by atoms with Gasteiger partial charge in [-0.25, -0.2) is 0 Å². The molecule has 0 aliphatic rings. The number of ether oxygens (including phenoxy) is 2. The number of nitrogens with zero attached hydrogens (tertiary/aromatic N) is 3. The summed E-state index contributed by atoms with van der Waals surface area (Å²) in [5, 5.41) is 13.2. The number of methoxy groups -OCH3 is 2. The minimum absolute atomic E-state index is 0.120. The lowest BCUT2D eigenvalue weighted by atomic mass is 10.1. The third kappa shape index (κ3) is 7.19. The number of non-ortho nitro benzene ring substituents is 1. The Morgan fingerprint density at radius 1 is 1.08 bits per heavy atom. The largest absolute Gasteiger partial charge is 0.493 e.